The van der Waals surface area contributed by atoms with E-state index in [0.717, 1.165) is 0 Å². The summed E-state index contributed by atoms with van der Waals surface area (Å²) in [5.74, 6) is -1.17. The second-order valence-electron chi connectivity index (χ2n) is 2.81. The van der Waals surface area contributed by atoms with E-state index in [-0.39, 0.29) is 68.9 Å². The van der Waals surface area contributed by atoms with E-state index in [0.29, 0.717) is 0 Å². The van der Waals surface area contributed by atoms with Crippen LogP contribution in [0.1, 0.15) is 24.2 Å². The number of hydrogen-bond donors (Lipinski definition) is 0. The van der Waals surface area contributed by atoms with E-state index in [1.807, 2.05) is 0 Å². The molecule has 0 aromatic carbocycles. The molecule has 0 aliphatic heterocycles. The van der Waals surface area contributed by atoms with E-state index in [2.05, 4.69) is 4.98 Å². The molecule has 0 fully saturated rings. The van der Waals surface area contributed by atoms with Crippen molar-refractivity contribution in [3.05, 3.63) is 23.9 Å². The number of aromatic carboxylic acids is 1. The summed E-state index contributed by atoms with van der Waals surface area (Å²) in [7, 11) is 0. The van der Waals surface area contributed by atoms with Crippen molar-refractivity contribution < 1.29 is 66.0 Å². The molecule has 0 bridgehead atoms. The van der Waals surface area contributed by atoms with Gasteiger partial charge in [-0.1, -0.05) is 0 Å². The Morgan fingerprint density at radius 1 is 1.57 bits per heavy atom. The van der Waals surface area contributed by atoms with Crippen LogP contribution in [0.4, 0.5) is 0 Å². The maximum atomic E-state index is 10.6. The molecule has 0 saturated carbocycles. The number of nitrogens with zero attached hydrogens (tertiary/aromatic N) is 1. The van der Waals surface area contributed by atoms with Crippen LogP contribution >= 0.6 is 0 Å². The quantitative estimate of drug-likeness (QED) is 0.517. The molecule has 1 aromatic heterocycles. The van der Waals surface area contributed by atoms with Crippen LogP contribution in [-0.4, -0.2) is 17.1 Å². The number of hydrogen-bond acceptors (Lipinski definition) is 4. The Balaban J connectivity index is 0.00000169. The maximum absolute atomic E-state index is 10.6. The van der Waals surface area contributed by atoms with Crippen molar-refractivity contribution in [2.45, 2.75) is 20.0 Å². The number of carboxylic acids is 1. The zero-order valence-corrected chi connectivity index (χ0v) is 11.6. The first kappa shape index (κ1) is 14.1. The molecule has 14 heavy (non-hydrogen) atoms. The summed E-state index contributed by atoms with van der Waals surface area (Å²) < 4.78 is 5.17. The molecule has 0 radical (unpaired) electrons. The maximum Gasteiger partial charge on any atom is 1.00 e. The normalized spacial score (nSPS) is 9.36. The van der Waals surface area contributed by atoms with Crippen LogP contribution in [0.25, 0.3) is 0 Å². The van der Waals surface area contributed by atoms with Crippen LogP contribution < -0.4 is 61.2 Å². The van der Waals surface area contributed by atoms with Crippen molar-refractivity contribution in [1.82, 2.24) is 4.98 Å². The average molecular weight is 219 g/mol. The molecule has 4 nitrogen and oxygen atoms in total. The fourth-order valence-corrected chi connectivity index (χ4v) is 0.863. The molecule has 0 aliphatic rings. The van der Waals surface area contributed by atoms with Crippen LogP contribution in [-0.2, 0) is 0 Å². The number of aromatic nitrogens is 1. The standard InChI is InChI=1S/C9H11NO3.K/c1-6(2)13-8-7(9(11)12)4-3-5-10-8;/h3-6H,1-2H3,(H,11,12);/q;+1/p-1. The molecule has 0 spiro atoms. The first-order chi connectivity index (χ1) is 6.11. The molecule has 1 aromatic rings. The summed E-state index contributed by atoms with van der Waals surface area (Å²) in [6, 6.07) is 2.93. The first-order valence-electron chi connectivity index (χ1n) is 3.94. The van der Waals surface area contributed by atoms with Gasteiger partial charge >= 0.3 is 51.4 Å². The molecule has 5 heteroatoms. The van der Waals surface area contributed by atoms with Gasteiger partial charge in [-0.15, -0.1) is 0 Å². The van der Waals surface area contributed by atoms with E-state index < -0.39 is 5.97 Å². The molecular weight excluding hydrogens is 209 g/mol. The Hall–Kier alpha value is 0.0564. The van der Waals surface area contributed by atoms with E-state index in [9.17, 15) is 9.90 Å². The summed E-state index contributed by atoms with van der Waals surface area (Å²) >= 11 is 0. The molecule has 1 rings (SSSR count). The average Bonchev–Trinajstić information content (AvgIpc) is 2.03. The van der Waals surface area contributed by atoms with Gasteiger partial charge in [0.2, 0.25) is 5.88 Å². The van der Waals surface area contributed by atoms with Gasteiger partial charge in [0.15, 0.2) is 0 Å². The Morgan fingerprint density at radius 2 is 2.21 bits per heavy atom. The van der Waals surface area contributed by atoms with Crippen molar-refractivity contribution in [1.29, 1.82) is 0 Å². The summed E-state index contributed by atoms with van der Waals surface area (Å²) in [5.41, 5.74) is -0.0174. The summed E-state index contributed by atoms with van der Waals surface area (Å²) in [5, 5.41) is 10.6. The predicted molar refractivity (Wildman–Crippen MR) is 44.3 cm³/mol. The summed E-state index contributed by atoms with van der Waals surface area (Å²) in [4.78, 5) is 14.4. The number of rotatable bonds is 3. The SMILES string of the molecule is CC(C)Oc1ncccc1C(=O)[O-].[K+]. The van der Waals surface area contributed by atoms with Crippen LogP contribution in [0.15, 0.2) is 18.3 Å². The third-order valence-corrected chi connectivity index (χ3v) is 1.34. The van der Waals surface area contributed by atoms with Gasteiger partial charge in [0.05, 0.1) is 17.6 Å². The van der Waals surface area contributed by atoms with Gasteiger partial charge in [-0.2, -0.15) is 0 Å². The van der Waals surface area contributed by atoms with Gasteiger partial charge in [-0.3, -0.25) is 0 Å². The number of pyridine rings is 1. The predicted octanol–water partition coefficient (Wildman–Crippen LogP) is -2.76. The van der Waals surface area contributed by atoms with Gasteiger partial charge in [-0.05, 0) is 26.0 Å². The summed E-state index contributed by atoms with van der Waals surface area (Å²) in [6.07, 6.45) is 1.37. The summed E-state index contributed by atoms with van der Waals surface area (Å²) in [6.45, 7) is 3.60. The van der Waals surface area contributed by atoms with Crippen molar-refractivity contribution in [2.75, 3.05) is 0 Å². The van der Waals surface area contributed by atoms with Crippen molar-refractivity contribution in [3.8, 4) is 5.88 Å². The monoisotopic (exact) mass is 219 g/mol. The fourth-order valence-electron chi connectivity index (χ4n) is 0.863. The van der Waals surface area contributed by atoms with Gasteiger partial charge in [-0.25, -0.2) is 4.98 Å². The molecule has 0 N–H and O–H groups in total. The Bertz CT molecular complexity index is 315. The zero-order valence-electron chi connectivity index (χ0n) is 8.48. The van der Waals surface area contributed by atoms with Crippen molar-refractivity contribution >= 4 is 5.97 Å². The minimum Gasteiger partial charge on any atom is -0.545 e. The molecule has 0 amide bonds. The topological polar surface area (TPSA) is 62.2 Å². The Kier molecular flexibility index (Phi) is 6.55. The smallest absolute Gasteiger partial charge is 0.545 e. The first-order valence-corrected chi connectivity index (χ1v) is 3.94. The van der Waals surface area contributed by atoms with Crippen molar-refractivity contribution in [2.24, 2.45) is 0 Å². The third-order valence-electron chi connectivity index (χ3n) is 1.34. The van der Waals surface area contributed by atoms with E-state index in [4.69, 9.17) is 4.74 Å². The number of carbonyl (C=O) groups excluding carboxylic acids is 1. The van der Waals surface area contributed by atoms with Gasteiger partial charge < -0.3 is 14.6 Å². The third kappa shape index (κ3) is 4.06. The van der Waals surface area contributed by atoms with Crippen molar-refractivity contribution in [3.63, 3.8) is 0 Å². The number of carbonyl (C=O) groups is 1. The molecule has 0 atom stereocenters. The minimum absolute atomic E-state index is 0. The van der Waals surface area contributed by atoms with Crippen LogP contribution in [0, 0.1) is 0 Å². The van der Waals surface area contributed by atoms with Crippen LogP contribution in [0.2, 0.25) is 0 Å². The Morgan fingerprint density at radius 3 is 2.71 bits per heavy atom. The molecule has 1 heterocycles. The zero-order chi connectivity index (χ0) is 9.84. The number of ether oxygens (including phenoxy) is 1. The van der Waals surface area contributed by atoms with E-state index >= 15 is 0 Å². The molecule has 0 saturated heterocycles. The largest absolute Gasteiger partial charge is 1.00 e. The fraction of sp³-hybridized carbons (Fsp3) is 0.333. The minimum atomic E-state index is -1.27. The van der Waals surface area contributed by atoms with Gasteiger partial charge in [0.1, 0.15) is 0 Å². The van der Waals surface area contributed by atoms with Gasteiger partial charge in [0, 0.05) is 6.20 Å². The number of carboxylic acid groups (broad SMARTS) is 1. The molecular formula is C9H10KNO3. The molecule has 70 valence electrons. The van der Waals surface area contributed by atoms with E-state index in [1.54, 1.807) is 13.8 Å². The van der Waals surface area contributed by atoms with E-state index in [1.165, 1.54) is 18.3 Å². The van der Waals surface area contributed by atoms with Gasteiger partial charge in [0.25, 0.3) is 0 Å². The molecule has 0 aliphatic carbocycles. The Labute approximate surface area is 125 Å². The second-order valence-corrected chi connectivity index (χ2v) is 2.81. The second kappa shape index (κ2) is 6.52. The van der Waals surface area contributed by atoms with Crippen LogP contribution in [0.3, 0.4) is 0 Å². The van der Waals surface area contributed by atoms with Crippen LogP contribution in [0.5, 0.6) is 5.88 Å². The molecule has 0 unspecified atom stereocenters.